The van der Waals surface area contributed by atoms with Crippen LogP contribution in [-0.2, 0) is 4.74 Å². The van der Waals surface area contributed by atoms with Crippen molar-refractivity contribution in [1.82, 2.24) is 5.32 Å². The van der Waals surface area contributed by atoms with Gasteiger partial charge in [-0.2, -0.15) is 5.26 Å². The minimum Gasteiger partial charge on any atom is -0.378 e. The number of benzene rings is 1. The number of nitriles is 1. The molecular weight excluding hydrogens is 214 g/mol. The maximum atomic E-state index is 9.06. The zero-order valence-corrected chi connectivity index (χ0v) is 10.0. The highest BCUT2D eigenvalue weighted by atomic mass is 16.5. The van der Waals surface area contributed by atoms with Crippen LogP contribution < -0.4 is 10.2 Å². The minimum absolute atomic E-state index is 0.334. The predicted octanol–water partition coefficient (Wildman–Crippen LogP) is 0.983. The van der Waals surface area contributed by atoms with Gasteiger partial charge in [0.05, 0.1) is 24.5 Å². The number of hydrogen-bond donors (Lipinski definition) is 1. The van der Waals surface area contributed by atoms with Gasteiger partial charge in [0, 0.05) is 26.2 Å². The van der Waals surface area contributed by atoms with E-state index in [1.807, 2.05) is 31.3 Å². The van der Waals surface area contributed by atoms with Crippen LogP contribution in [0.3, 0.4) is 0 Å². The maximum absolute atomic E-state index is 9.06. The Labute approximate surface area is 102 Å². The quantitative estimate of drug-likeness (QED) is 0.842. The lowest BCUT2D eigenvalue weighted by Crippen LogP contribution is -2.47. The van der Waals surface area contributed by atoms with Crippen molar-refractivity contribution in [1.29, 1.82) is 5.26 Å². The molecule has 4 nitrogen and oxygen atoms in total. The van der Waals surface area contributed by atoms with Gasteiger partial charge >= 0.3 is 0 Å². The molecule has 0 amide bonds. The second kappa shape index (κ2) is 5.67. The lowest BCUT2D eigenvalue weighted by Gasteiger charge is -2.29. The van der Waals surface area contributed by atoms with Crippen molar-refractivity contribution in [3.05, 3.63) is 29.8 Å². The van der Waals surface area contributed by atoms with E-state index in [-0.39, 0.29) is 0 Å². The van der Waals surface area contributed by atoms with Crippen LogP contribution in [0, 0.1) is 11.3 Å². The molecule has 1 atom stereocenters. The Morgan fingerprint density at radius 2 is 2.35 bits per heavy atom. The molecule has 1 heterocycles. The summed E-state index contributed by atoms with van der Waals surface area (Å²) >= 11 is 0. The Morgan fingerprint density at radius 3 is 3.06 bits per heavy atom. The lowest BCUT2D eigenvalue weighted by molar-refractivity contribution is 0.0791. The molecule has 0 radical (unpaired) electrons. The van der Waals surface area contributed by atoms with Crippen LogP contribution in [0.4, 0.5) is 5.69 Å². The van der Waals surface area contributed by atoms with Gasteiger partial charge in [-0.3, -0.25) is 0 Å². The van der Waals surface area contributed by atoms with Gasteiger partial charge in [-0.05, 0) is 12.1 Å². The van der Waals surface area contributed by atoms with Crippen molar-refractivity contribution in [2.24, 2.45) is 0 Å². The summed E-state index contributed by atoms with van der Waals surface area (Å²) in [5.41, 5.74) is 1.69. The van der Waals surface area contributed by atoms with Gasteiger partial charge < -0.3 is 15.0 Å². The summed E-state index contributed by atoms with van der Waals surface area (Å²) < 4.78 is 5.42. The largest absolute Gasteiger partial charge is 0.378 e. The molecule has 1 aromatic carbocycles. The number of nitrogens with zero attached hydrogens (tertiary/aromatic N) is 2. The summed E-state index contributed by atoms with van der Waals surface area (Å²) in [6.45, 7) is 3.27. The standard InChI is InChI=1S/C13H17N3O/c1-16(9-12-10-17-7-6-15-12)13-5-3-2-4-11(13)8-14/h2-5,12,15H,6-7,9-10H2,1H3. The summed E-state index contributed by atoms with van der Waals surface area (Å²) in [7, 11) is 2.01. The third-order valence-corrected chi connectivity index (χ3v) is 2.93. The first-order chi connectivity index (χ1) is 8.31. The van der Waals surface area contributed by atoms with Gasteiger partial charge in [-0.15, -0.1) is 0 Å². The van der Waals surface area contributed by atoms with E-state index in [1.165, 1.54) is 0 Å². The first kappa shape index (κ1) is 11.9. The van der Waals surface area contributed by atoms with Crippen LogP contribution in [-0.4, -0.2) is 39.4 Å². The molecule has 2 rings (SSSR count). The molecule has 0 spiro atoms. The van der Waals surface area contributed by atoms with Gasteiger partial charge in [-0.1, -0.05) is 12.1 Å². The molecule has 0 aromatic heterocycles. The minimum atomic E-state index is 0.334. The zero-order chi connectivity index (χ0) is 12.1. The topological polar surface area (TPSA) is 48.3 Å². The summed E-state index contributed by atoms with van der Waals surface area (Å²) in [4.78, 5) is 2.10. The maximum Gasteiger partial charge on any atom is 0.101 e. The van der Waals surface area contributed by atoms with Gasteiger partial charge in [0.15, 0.2) is 0 Å². The number of rotatable bonds is 3. The molecule has 4 heteroatoms. The van der Waals surface area contributed by atoms with Crippen molar-refractivity contribution >= 4 is 5.69 Å². The fourth-order valence-electron chi connectivity index (χ4n) is 2.07. The first-order valence-electron chi connectivity index (χ1n) is 5.82. The third-order valence-electron chi connectivity index (χ3n) is 2.93. The lowest BCUT2D eigenvalue weighted by atomic mass is 10.1. The van der Waals surface area contributed by atoms with Crippen molar-refractivity contribution in [3.8, 4) is 6.07 Å². The first-order valence-corrected chi connectivity index (χ1v) is 5.82. The molecule has 1 saturated heterocycles. The summed E-state index contributed by atoms with van der Waals surface area (Å²) in [5, 5.41) is 12.5. The Kier molecular flexibility index (Phi) is 3.97. The number of para-hydroxylation sites is 1. The van der Waals surface area contributed by atoms with Crippen LogP contribution in [0.2, 0.25) is 0 Å². The predicted molar refractivity (Wildman–Crippen MR) is 67.0 cm³/mol. The van der Waals surface area contributed by atoms with Gasteiger partial charge in [0.2, 0.25) is 0 Å². The molecule has 1 N–H and O–H groups in total. The van der Waals surface area contributed by atoms with Crippen molar-refractivity contribution in [3.63, 3.8) is 0 Å². The average molecular weight is 231 g/mol. The molecule has 17 heavy (non-hydrogen) atoms. The number of likely N-dealkylation sites (N-methyl/N-ethyl adjacent to an activating group) is 1. The summed E-state index contributed by atoms with van der Waals surface area (Å²) in [5.74, 6) is 0. The second-order valence-electron chi connectivity index (χ2n) is 4.24. The Balaban J connectivity index is 2.03. The normalized spacial score (nSPS) is 19.6. The zero-order valence-electron chi connectivity index (χ0n) is 10.0. The average Bonchev–Trinajstić information content (AvgIpc) is 2.40. The van der Waals surface area contributed by atoms with E-state index >= 15 is 0 Å². The molecular formula is C13H17N3O. The van der Waals surface area contributed by atoms with Gasteiger partial charge in [0.25, 0.3) is 0 Å². The highest BCUT2D eigenvalue weighted by molar-refractivity contribution is 5.58. The fraction of sp³-hybridized carbons (Fsp3) is 0.462. The Hall–Kier alpha value is -1.57. The van der Waals surface area contributed by atoms with E-state index in [4.69, 9.17) is 10.00 Å². The van der Waals surface area contributed by atoms with Gasteiger partial charge in [0.1, 0.15) is 6.07 Å². The number of morpholine rings is 1. The van der Waals surface area contributed by atoms with E-state index in [0.717, 1.165) is 32.0 Å². The summed E-state index contributed by atoms with van der Waals surface area (Å²) in [6.07, 6.45) is 0. The van der Waals surface area contributed by atoms with Crippen LogP contribution >= 0.6 is 0 Å². The highest BCUT2D eigenvalue weighted by Gasteiger charge is 2.16. The third kappa shape index (κ3) is 2.96. The smallest absolute Gasteiger partial charge is 0.101 e. The molecule has 1 aliphatic rings. The van der Waals surface area contributed by atoms with Gasteiger partial charge in [-0.25, -0.2) is 0 Å². The summed E-state index contributed by atoms with van der Waals surface area (Å²) in [6, 6.07) is 10.2. The van der Waals surface area contributed by atoms with E-state index < -0.39 is 0 Å². The van der Waals surface area contributed by atoms with E-state index in [9.17, 15) is 0 Å². The Morgan fingerprint density at radius 1 is 1.53 bits per heavy atom. The van der Waals surface area contributed by atoms with E-state index in [2.05, 4.69) is 16.3 Å². The second-order valence-corrected chi connectivity index (χ2v) is 4.24. The molecule has 90 valence electrons. The Bertz CT molecular complexity index is 407. The number of hydrogen-bond acceptors (Lipinski definition) is 4. The molecule has 0 aliphatic carbocycles. The van der Waals surface area contributed by atoms with E-state index in [0.29, 0.717) is 11.6 Å². The SMILES string of the molecule is CN(CC1COCCN1)c1ccccc1C#N. The van der Waals surface area contributed by atoms with Crippen LogP contribution in [0.5, 0.6) is 0 Å². The molecule has 0 saturated carbocycles. The van der Waals surface area contributed by atoms with Crippen LogP contribution in [0.15, 0.2) is 24.3 Å². The number of nitrogens with one attached hydrogen (secondary N) is 1. The molecule has 1 aromatic rings. The number of ether oxygens (including phenoxy) is 1. The fourth-order valence-corrected chi connectivity index (χ4v) is 2.07. The van der Waals surface area contributed by atoms with Crippen LogP contribution in [0.1, 0.15) is 5.56 Å². The highest BCUT2D eigenvalue weighted by Crippen LogP contribution is 2.18. The van der Waals surface area contributed by atoms with E-state index in [1.54, 1.807) is 0 Å². The molecule has 1 aliphatic heterocycles. The molecule has 0 bridgehead atoms. The van der Waals surface area contributed by atoms with Crippen molar-refractivity contribution in [2.75, 3.05) is 38.3 Å². The van der Waals surface area contributed by atoms with Crippen LogP contribution in [0.25, 0.3) is 0 Å². The molecule has 1 fully saturated rings. The number of anilines is 1. The monoisotopic (exact) mass is 231 g/mol. The van der Waals surface area contributed by atoms with Crippen molar-refractivity contribution in [2.45, 2.75) is 6.04 Å². The molecule has 1 unspecified atom stereocenters. The van der Waals surface area contributed by atoms with Crippen molar-refractivity contribution < 1.29 is 4.74 Å².